The first-order valence-electron chi connectivity index (χ1n) is 8.67. The lowest BCUT2D eigenvalue weighted by molar-refractivity contribution is 0.214. The Morgan fingerprint density at radius 2 is 2.11 bits per heavy atom. The number of nitrogens with zero attached hydrogens (tertiary/aromatic N) is 4. The quantitative estimate of drug-likeness (QED) is 0.182. The van der Waals surface area contributed by atoms with Gasteiger partial charge in [-0.3, -0.25) is 5.32 Å². The average Bonchev–Trinajstić information content (AvgIpc) is 2.65. The Kier molecular flexibility index (Phi) is 6.01. The van der Waals surface area contributed by atoms with E-state index in [0.717, 1.165) is 11.6 Å². The van der Waals surface area contributed by atoms with Gasteiger partial charge in [-0.1, -0.05) is 30.1 Å². The zero-order valence-corrected chi connectivity index (χ0v) is 16.7. The van der Waals surface area contributed by atoms with Crippen LogP contribution in [0.5, 0.6) is 0 Å². The molecule has 9 heteroatoms. The second kappa shape index (κ2) is 8.29. The van der Waals surface area contributed by atoms with E-state index in [9.17, 15) is 14.0 Å². The van der Waals surface area contributed by atoms with E-state index >= 15 is 0 Å². The van der Waals surface area contributed by atoms with Crippen molar-refractivity contribution in [2.45, 2.75) is 38.8 Å². The highest BCUT2D eigenvalue weighted by molar-refractivity contribution is 6.42. The fraction of sp³-hybridized carbons (Fsp3) is 0.316. The number of hydrogen-bond donors (Lipinski definition) is 1. The van der Waals surface area contributed by atoms with Crippen LogP contribution in [0.2, 0.25) is 10.0 Å². The Bertz CT molecular complexity index is 974. The molecule has 1 aromatic heterocycles. The maximum absolute atomic E-state index is 14.3. The Morgan fingerprint density at radius 1 is 1.39 bits per heavy atom. The standard InChI is InChI=1S/C19H17Cl2F2N5/c1-3-17-11-4-5-25-18(23)12(11)6-10(2)28(17)19(26-9-24)27-16-8-14(21)13(20)7-15(16)22/h4-5,7-8,10,17H,3,6H2,1-2H3,(H,26,27)/t10?,17-/m1/s1. The molecule has 1 aromatic carbocycles. The molecule has 0 saturated heterocycles. The molecule has 146 valence electrons. The van der Waals surface area contributed by atoms with Crippen molar-refractivity contribution in [1.82, 2.24) is 15.2 Å². The van der Waals surface area contributed by atoms with Gasteiger partial charge in [0, 0.05) is 17.8 Å². The maximum atomic E-state index is 14.3. The topological polar surface area (TPSA) is 64.3 Å². The summed E-state index contributed by atoms with van der Waals surface area (Å²) >= 11 is 11.8. The van der Waals surface area contributed by atoms with Gasteiger partial charge in [0.05, 0.1) is 16.1 Å². The van der Waals surface area contributed by atoms with Crippen LogP contribution in [0.3, 0.4) is 0 Å². The molecule has 2 heterocycles. The van der Waals surface area contributed by atoms with Crippen molar-refractivity contribution in [3.05, 3.63) is 57.3 Å². The molecule has 28 heavy (non-hydrogen) atoms. The minimum Gasteiger partial charge on any atom is -0.332 e. The number of aromatic nitrogens is 1. The highest BCUT2D eigenvalue weighted by Gasteiger charge is 2.35. The van der Waals surface area contributed by atoms with Crippen LogP contribution < -0.4 is 5.32 Å². The van der Waals surface area contributed by atoms with Crippen LogP contribution in [0.15, 0.2) is 29.4 Å². The monoisotopic (exact) mass is 423 g/mol. The number of guanidine groups is 1. The van der Waals surface area contributed by atoms with Crippen molar-refractivity contribution in [3.63, 3.8) is 0 Å². The Balaban J connectivity index is 2.11. The van der Waals surface area contributed by atoms with E-state index in [-0.39, 0.29) is 33.8 Å². The molecule has 0 spiro atoms. The molecule has 1 aliphatic rings. The predicted octanol–water partition coefficient (Wildman–Crippen LogP) is 5.12. The lowest BCUT2D eigenvalue weighted by Gasteiger charge is -2.42. The van der Waals surface area contributed by atoms with Gasteiger partial charge in [0.1, 0.15) is 5.69 Å². The van der Waals surface area contributed by atoms with E-state index in [1.807, 2.05) is 24.9 Å². The highest BCUT2D eigenvalue weighted by Crippen LogP contribution is 2.37. The molecular weight excluding hydrogens is 407 g/mol. The van der Waals surface area contributed by atoms with Crippen LogP contribution in [0.25, 0.3) is 0 Å². The number of fused-ring (bicyclic) bond motifs is 1. The van der Waals surface area contributed by atoms with E-state index in [0.29, 0.717) is 18.4 Å². The lowest BCUT2D eigenvalue weighted by Crippen LogP contribution is -2.50. The molecule has 0 aliphatic carbocycles. The molecule has 5 nitrogen and oxygen atoms in total. The third kappa shape index (κ3) is 3.75. The Morgan fingerprint density at radius 3 is 2.79 bits per heavy atom. The van der Waals surface area contributed by atoms with Crippen LogP contribution >= 0.6 is 23.2 Å². The maximum Gasteiger partial charge on any atom is 0.216 e. The van der Waals surface area contributed by atoms with Crippen LogP contribution in [0, 0.1) is 23.2 Å². The molecule has 0 amide bonds. The van der Waals surface area contributed by atoms with Crippen LogP contribution in [0.4, 0.5) is 14.5 Å². The largest absolute Gasteiger partial charge is 0.332 e. The molecule has 1 N–H and O–H groups in total. The van der Waals surface area contributed by atoms with Gasteiger partial charge in [-0.25, -0.2) is 14.4 Å². The number of aliphatic imine (C=N–C) groups is 1. The van der Waals surface area contributed by atoms with Crippen molar-refractivity contribution < 1.29 is 8.78 Å². The normalized spacial score (nSPS) is 19.2. The van der Waals surface area contributed by atoms with Crippen molar-refractivity contribution in [2.75, 3.05) is 0 Å². The summed E-state index contributed by atoms with van der Waals surface area (Å²) in [6.07, 6.45) is 4.25. The van der Waals surface area contributed by atoms with Gasteiger partial charge < -0.3 is 4.90 Å². The van der Waals surface area contributed by atoms with Crippen molar-refractivity contribution >= 4 is 34.8 Å². The van der Waals surface area contributed by atoms with Crippen LogP contribution in [0.1, 0.15) is 37.4 Å². The summed E-state index contributed by atoms with van der Waals surface area (Å²) in [5.41, 5.74) is 1.27. The molecule has 1 aliphatic heterocycles. The summed E-state index contributed by atoms with van der Waals surface area (Å²) in [6.45, 7) is 3.83. The van der Waals surface area contributed by atoms with E-state index in [4.69, 9.17) is 23.2 Å². The average molecular weight is 424 g/mol. The summed E-state index contributed by atoms with van der Waals surface area (Å²) in [5, 5.41) is 12.0. The number of nitriles is 1. The smallest absolute Gasteiger partial charge is 0.216 e. The third-order valence-corrected chi connectivity index (χ3v) is 5.45. The number of halogens is 4. The molecule has 0 saturated carbocycles. The van der Waals surface area contributed by atoms with Gasteiger partial charge in [0.2, 0.25) is 11.9 Å². The van der Waals surface area contributed by atoms with Gasteiger partial charge in [-0.05, 0) is 43.5 Å². The summed E-state index contributed by atoms with van der Waals surface area (Å²) in [5.74, 6) is -1.01. The van der Waals surface area contributed by atoms with E-state index in [1.54, 1.807) is 6.07 Å². The first kappa shape index (κ1) is 20.3. The van der Waals surface area contributed by atoms with E-state index < -0.39 is 11.8 Å². The Hall–Kier alpha value is -2.43. The fourth-order valence-corrected chi connectivity index (χ4v) is 3.84. The summed E-state index contributed by atoms with van der Waals surface area (Å²) in [6, 6.07) is 3.66. The van der Waals surface area contributed by atoms with Gasteiger partial charge in [0.25, 0.3) is 0 Å². The molecule has 0 fully saturated rings. The Labute approximate surface area is 171 Å². The number of hydrogen-bond acceptors (Lipinski definition) is 3. The molecule has 0 bridgehead atoms. The fourth-order valence-electron chi connectivity index (χ4n) is 3.53. The molecule has 0 radical (unpaired) electrons. The number of pyridine rings is 1. The zero-order valence-electron chi connectivity index (χ0n) is 15.2. The van der Waals surface area contributed by atoms with E-state index in [2.05, 4.69) is 15.3 Å². The summed E-state index contributed by atoms with van der Waals surface area (Å²) in [4.78, 5) is 9.89. The van der Waals surface area contributed by atoms with Crippen molar-refractivity contribution in [2.24, 2.45) is 4.99 Å². The van der Waals surface area contributed by atoms with Gasteiger partial charge in [0.15, 0.2) is 12.0 Å². The molecule has 2 atom stereocenters. The zero-order chi connectivity index (χ0) is 20.4. The molecule has 2 aromatic rings. The minimum atomic E-state index is -0.667. The molecule has 3 rings (SSSR count). The van der Waals surface area contributed by atoms with Crippen LogP contribution in [-0.4, -0.2) is 21.9 Å². The van der Waals surface area contributed by atoms with Gasteiger partial charge in [-0.2, -0.15) is 9.65 Å². The number of rotatable bonds is 2. The van der Waals surface area contributed by atoms with Gasteiger partial charge >= 0.3 is 0 Å². The third-order valence-electron chi connectivity index (χ3n) is 4.72. The van der Waals surface area contributed by atoms with Crippen LogP contribution in [-0.2, 0) is 6.42 Å². The summed E-state index contributed by atoms with van der Waals surface area (Å²) < 4.78 is 28.5. The molecule has 1 unspecified atom stereocenters. The van der Waals surface area contributed by atoms with Crippen molar-refractivity contribution in [1.29, 1.82) is 5.26 Å². The van der Waals surface area contributed by atoms with E-state index in [1.165, 1.54) is 12.3 Å². The summed E-state index contributed by atoms with van der Waals surface area (Å²) in [7, 11) is 0. The number of benzene rings is 1. The second-order valence-electron chi connectivity index (χ2n) is 6.44. The molecular formula is C19H17Cl2F2N5. The lowest BCUT2D eigenvalue weighted by atomic mass is 9.88. The SMILES string of the molecule is CC[C@@H]1c2ccnc(F)c2CC(C)N1C(=Nc1cc(Cl)c(Cl)cc1F)NC#N. The minimum absolute atomic E-state index is 0.0547. The van der Waals surface area contributed by atoms with Crippen molar-refractivity contribution in [3.8, 4) is 6.19 Å². The first-order chi connectivity index (χ1) is 13.4. The highest BCUT2D eigenvalue weighted by atomic mass is 35.5. The van der Waals surface area contributed by atoms with Gasteiger partial charge in [-0.15, -0.1) is 0 Å². The number of nitrogens with one attached hydrogen (secondary N) is 1. The second-order valence-corrected chi connectivity index (χ2v) is 7.26. The predicted molar refractivity (Wildman–Crippen MR) is 104 cm³/mol. The first-order valence-corrected chi connectivity index (χ1v) is 9.42.